The van der Waals surface area contributed by atoms with Gasteiger partial charge in [0.15, 0.2) is 16.6 Å². The number of amidine groups is 2. The Morgan fingerprint density at radius 3 is 2.89 bits per heavy atom. The van der Waals surface area contributed by atoms with Gasteiger partial charge in [0.2, 0.25) is 0 Å². The van der Waals surface area contributed by atoms with Crippen LogP contribution in [0.2, 0.25) is 0 Å². The number of aliphatic hydroxyl groups is 1. The lowest BCUT2D eigenvalue weighted by atomic mass is 9.98. The van der Waals surface area contributed by atoms with Crippen molar-refractivity contribution in [2.75, 3.05) is 12.9 Å². The van der Waals surface area contributed by atoms with Crippen molar-refractivity contribution in [2.24, 2.45) is 20.9 Å². The van der Waals surface area contributed by atoms with E-state index in [1.165, 1.54) is 18.0 Å². The molecule has 0 saturated heterocycles. The number of dihydropyridines is 1. The first-order valence-corrected chi connectivity index (χ1v) is 6.71. The van der Waals surface area contributed by atoms with Gasteiger partial charge in [0.1, 0.15) is 11.7 Å². The molecule has 2 rings (SSSR count). The fourth-order valence-electron chi connectivity index (χ4n) is 1.61. The second-order valence-corrected chi connectivity index (χ2v) is 4.38. The predicted molar refractivity (Wildman–Crippen MR) is 71.7 cm³/mol. The third-order valence-corrected chi connectivity index (χ3v) is 3.03. The number of aliphatic hydroxyl groups excluding tert-OH is 1. The van der Waals surface area contributed by atoms with Crippen molar-refractivity contribution in [2.45, 2.75) is 6.92 Å². The number of carbonyl (C=O) groups excluding carboxylic acids is 2. The van der Waals surface area contributed by atoms with Crippen LogP contribution in [0.25, 0.3) is 0 Å². The number of ether oxygens (including phenoxy) is 1. The monoisotopic (exact) mass is 281 g/mol. The molecule has 1 unspecified atom stereocenters. The van der Waals surface area contributed by atoms with Crippen LogP contribution in [-0.2, 0) is 14.3 Å². The molecule has 0 aromatic heterocycles. The van der Waals surface area contributed by atoms with Gasteiger partial charge >= 0.3 is 5.97 Å². The van der Waals surface area contributed by atoms with Crippen LogP contribution in [-0.4, -0.2) is 47.1 Å². The second kappa shape index (κ2) is 5.35. The summed E-state index contributed by atoms with van der Waals surface area (Å²) in [5.41, 5.74) is -0.454. The average molecular weight is 281 g/mol. The molecule has 7 nitrogen and oxygen atoms in total. The Kier molecular flexibility index (Phi) is 3.79. The Labute approximate surface area is 113 Å². The molecule has 8 heteroatoms. The van der Waals surface area contributed by atoms with Gasteiger partial charge in [-0.05, 0) is 13.2 Å². The van der Waals surface area contributed by atoms with Crippen LogP contribution in [0.3, 0.4) is 0 Å². The molecule has 2 aliphatic rings. The predicted octanol–water partition coefficient (Wildman–Crippen LogP) is 0.720. The fraction of sp³-hybridized carbons (Fsp3) is 0.364. The first-order chi connectivity index (χ1) is 9.08. The highest BCUT2D eigenvalue weighted by molar-refractivity contribution is 8.13. The number of esters is 1. The molecule has 0 bridgehead atoms. The number of fused-ring (bicyclic) bond motifs is 1. The summed E-state index contributed by atoms with van der Waals surface area (Å²) in [7, 11) is 0. The van der Waals surface area contributed by atoms with E-state index in [2.05, 4.69) is 15.0 Å². The number of hydrogen-bond acceptors (Lipinski definition) is 7. The van der Waals surface area contributed by atoms with Gasteiger partial charge in [-0.25, -0.2) is 14.8 Å². The van der Waals surface area contributed by atoms with E-state index in [1.807, 2.05) is 0 Å². The van der Waals surface area contributed by atoms with Gasteiger partial charge in [0, 0.05) is 6.21 Å². The van der Waals surface area contributed by atoms with Crippen molar-refractivity contribution in [3.8, 4) is 0 Å². The van der Waals surface area contributed by atoms with Crippen molar-refractivity contribution in [3.63, 3.8) is 0 Å². The van der Waals surface area contributed by atoms with Crippen LogP contribution in [0.15, 0.2) is 26.3 Å². The summed E-state index contributed by atoms with van der Waals surface area (Å²) in [4.78, 5) is 35.1. The minimum atomic E-state index is -0.888. The summed E-state index contributed by atoms with van der Waals surface area (Å²) in [6, 6.07) is 0. The summed E-state index contributed by atoms with van der Waals surface area (Å²) in [5.74, 6) is -2.79. The molecule has 0 aromatic carbocycles. The second-order valence-electron chi connectivity index (χ2n) is 3.61. The van der Waals surface area contributed by atoms with E-state index < -0.39 is 29.1 Å². The molecule has 0 radical (unpaired) electrons. The summed E-state index contributed by atoms with van der Waals surface area (Å²) in [5, 5.41) is 10.4. The van der Waals surface area contributed by atoms with Gasteiger partial charge < -0.3 is 9.84 Å². The quantitative estimate of drug-likeness (QED) is 0.593. The maximum atomic E-state index is 11.7. The van der Waals surface area contributed by atoms with Gasteiger partial charge in [-0.1, -0.05) is 11.8 Å². The van der Waals surface area contributed by atoms with Crippen LogP contribution in [0.1, 0.15) is 6.92 Å². The van der Waals surface area contributed by atoms with Crippen molar-refractivity contribution in [3.05, 3.63) is 11.3 Å². The van der Waals surface area contributed by atoms with E-state index in [1.54, 1.807) is 13.2 Å². The number of hydrogen-bond donors (Lipinski definition) is 1. The lowest BCUT2D eigenvalue weighted by Crippen LogP contribution is -2.32. The molecule has 2 aliphatic heterocycles. The van der Waals surface area contributed by atoms with Gasteiger partial charge in [-0.15, -0.1) is 0 Å². The Bertz CT molecular complexity index is 562. The first kappa shape index (κ1) is 13.5. The van der Waals surface area contributed by atoms with Crippen LogP contribution in [0.5, 0.6) is 0 Å². The van der Waals surface area contributed by atoms with Crippen molar-refractivity contribution in [1.82, 2.24) is 0 Å². The zero-order chi connectivity index (χ0) is 14.0. The third kappa shape index (κ3) is 2.43. The molecule has 0 aliphatic carbocycles. The topological polar surface area (TPSA) is 101 Å². The van der Waals surface area contributed by atoms with Gasteiger partial charge in [-0.2, -0.15) is 4.99 Å². The zero-order valence-corrected chi connectivity index (χ0v) is 11.1. The lowest BCUT2D eigenvalue weighted by Gasteiger charge is -2.20. The summed E-state index contributed by atoms with van der Waals surface area (Å²) in [6.45, 7) is 1.71. The van der Waals surface area contributed by atoms with E-state index in [4.69, 9.17) is 4.74 Å². The minimum Gasteiger partial charge on any atom is -0.510 e. The van der Waals surface area contributed by atoms with Gasteiger partial charge in [0.25, 0.3) is 5.91 Å². The van der Waals surface area contributed by atoms with Crippen LogP contribution < -0.4 is 0 Å². The molecule has 100 valence electrons. The molecule has 0 spiro atoms. The zero-order valence-electron chi connectivity index (χ0n) is 10.3. The van der Waals surface area contributed by atoms with E-state index in [9.17, 15) is 14.7 Å². The lowest BCUT2D eigenvalue weighted by molar-refractivity contribution is -0.140. The minimum absolute atomic E-state index is 0.104. The smallest absolute Gasteiger partial charge is 0.347 e. The Morgan fingerprint density at radius 1 is 1.53 bits per heavy atom. The van der Waals surface area contributed by atoms with E-state index in [-0.39, 0.29) is 12.4 Å². The Morgan fingerprint density at radius 2 is 2.26 bits per heavy atom. The van der Waals surface area contributed by atoms with E-state index in [0.29, 0.717) is 5.17 Å². The maximum absolute atomic E-state index is 11.7. The number of aliphatic imine (C=N–C) groups is 3. The average Bonchev–Trinajstić information content (AvgIpc) is 2.38. The molecule has 1 atom stereocenters. The highest BCUT2D eigenvalue weighted by atomic mass is 32.2. The number of rotatable bonds is 2. The SMILES string of the molecule is CCOC(=O)C1=C(O)C2C=NC(SC)=NC2=NC1=O. The summed E-state index contributed by atoms with van der Waals surface area (Å²) >= 11 is 1.29. The van der Waals surface area contributed by atoms with Crippen molar-refractivity contribution in [1.29, 1.82) is 0 Å². The van der Waals surface area contributed by atoms with Crippen molar-refractivity contribution >= 4 is 40.9 Å². The third-order valence-electron chi connectivity index (χ3n) is 2.47. The van der Waals surface area contributed by atoms with E-state index >= 15 is 0 Å². The molecule has 1 amide bonds. The molecule has 0 aromatic rings. The summed E-state index contributed by atoms with van der Waals surface area (Å²) in [6.07, 6.45) is 3.18. The van der Waals surface area contributed by atoms with E-state index in [0.717, 1.165) is 0 Å². The number of thioether (sulfide) groups is 1. The molecule has 1 N–H and O–H groups in total. The molecule has 2 heterocycles. The van der Waals surface area contributed by atoms with Crippen molar-refractivity contribution < 1.29 is 19.4 Å². The first-order valence-electron chi connectivity index (χ1n) is 5.48. The number of nitrogens with zero attached hydrogens (tertiary/aromatic N) is 3. The molecule has 0 fully saturated rings. The number of carbonyl (C=O) groups is 2. The standard InChI is InChI=1S/C11H11N3O4S/c1-3-18-10(17)6-7(15)5-4-12-11(19-2)14-8(5)13-9(6)16/h4-5,15H,3H2,1-2H3. The molecule has 19 heavy (non-hydrogen) atoms. The summed E-state index contributed by atoms with van der Waals surface area (Å²) < 4.78 is 4.71. The van der Waals surface area contributed by atoms with Crippen LogP contribution >= 0.6 is 11.8 Å². The molecular weight excluding hydrogens is 270 g/mol. The Balaban J connectivity index is 2.38. The highest BCUT2D eigenvalue weighted by Crippen LogP contribution is 2.25. The normalized spacial score (nSPS) is 21.8. The highest BCUT2D eigenvalue weighted by Gasteiger charge is 2.37. The van der Waals surface area contributed by atoms with Crippen LogP contribution in [0, 0.1) is 5.92 Å². The Hall–Kier alpha value is -1.96. The fourth-order valence-corrected chi connectivity index (χ4v) is 1.96. The molecule has 0 saturated carbocycles. The van der Waals surface area contributed by atoms with Gasteiger partial charge in [-0.3, -0.25) is 4.79 Å². The van der Waals surface area contributed by atoms with Crippen LogP contribution in [0.4, 0.5) is 0 Å². The largest absolute Gasteiger partial charge is 0.510 e. The van der Waals surface area contributed by atoms with Gasteiger partial charge in [0.05, 0.1) is 6.61 Å². The molecular formula is C11H11N3O4S. The maximum Gasteiger partial charge on any atom is 0.347 e. The number of amides is 1.